The zero-order chi connectivity index (χ0) is 19.1. The Hall–Kier alpha value is -3.22. The van der Waals surface area contributed by atoms with Crippen molar-refractivity contribution in [3.63, 3.8) is 0 Å². The molecule has 0 saturated heterocycles. The third-order valence-corrected chi connectivity index (χ3v) is 4.03. The van der Waals surface area contributed by atoms with E-state index in [4.69, 9.17) is 0 Å². The van der Waals surface area contributed by atoms with Gasteiger partial charge in [0.2, 0.25) is 0 Å². The van der Waals surface area contributed by atoms with E-state index in [1.807, 2.05) is 35.9 Å². The first-order valence-electron chi connectivity index (χ1n) is 8.86. The molecular formula is C20H23FN6. The number of aliphatic imine (C=N–C) groups is 1. The van der Waals surface area contributed by atoms with Crippen LogP contribution in [0, 0.1) is 12.7 Å². The fourth-order valence-electron chi connectivity index (χ4n) is 2.61. The van der Waals surface area contributed by atoms with Crippen molar-refractivity contribution in [3.05, 3.63) is 77.8 Å². The monoisotopic (exact) mass is 366 g/mol. The number of nitrogens with zero attached hydrogens (tertiary/aromatic N) is 4. The number of imidazole rings is 1. The lowest BCUT2D eigenvalue weighted by Gasteiger charge is -2.12. The van der Waals surface area contributed by atoms with Crippen LogP contribution in [0.25, 0.3) is 5.82 Å². The third kappa shape index (κ3) is 5.13. The van der Waals surface area contributed by atoms with Gasteiger partial charge in [-0.25, -0.2) is 19.4 Å². The molecule has 0 fully saturated rings. The standard InChI is InChI=1S/C20H23FN6/c1-3-23-20(25-12-16-4-5-18(21)15(2)10-16)26-13-17-6-7-24-19(11-17)27-9-8-22-14-27/h4-11,14H,3,12-13H2,1-2H3,(H2,23,25,26). The number of rotatable bonds is 6. The van der Waals surface area contributed by atoms with Gasteiger partial charge in [0, 0.05) is 31.7 Å². The topological polar surface area (TPSA) is 67.1 Å². The molecule has 140 valence electrons. The Balaban J connectivity index is 1.65. The van der Waals surface area contributed by atoms with Crippen LogP contribution in [-0.2, 0) is 13.1 Å². The Morgan fingerprint density at radius 1 is 1.15 bits per heavy atom. The maximum Gasteiger partial charge on any atom is 0.191 e. The minimum Gasteiger partial charge on any atom is -0.357 e. The van der Waals surface area contributed by atoms with Gasteiger partial charge < -0.3 is 10.6 Å². The molecule has 7 heteroatoms. The van der Waals surface area contributed by atoms with Crippen LogP contribution < -0.4 is 10.6 Å². The molecule has 6 nitrogen and oxygen atoms in total. The summed E-state index contributed by atoms with van der Waals surface area (Å²) in [5, 5.41) is 6.54. The summed E-state index contributed by atoms with van der Waals surface area (Å²) < 4.78 is 15.3. The van der Waals surface area contributed by atoms with Gasteiger partial charge in [0.25, 0.3) is 0 Å². The second kappa shape index (κ2) is 8.93. The average Bonchev–Trinajstić information content (AvgIpc) is 3.22. The molecule has 2 heterocycles. The molecule has 0 aliphatic rings. The van der Waals surface area contributed by atoms with E-state index in [-0.39, 0.29) is 5.82 Å². The van der Waals surface area contributed by atoms with Crippen LogP contribution >= 0.6 is 0 Å². The highest BCUT2D eigenvalue weighted by atomic mass is 19.1. The molecule has 0 amide bonds. The first-order chi connectivity index (χ1) is 13.2. The molecular weight excluding hydrogens is 343 g/mol. The lowest BCUT2D eigenvalue weighted by Crippen LogP contribution is -2.36. The fourth-order valence-corrected chi connectivity index (χ4v) is 2.61. The van der Waals surface area contributed by atoms with Crippen LogP contribution in [-0.4, -0.2) is 27.0 Å². The van der Waals surface area contributed by atoms with E-state index in [2.05, 4.69) is 25.6 Å². The van der Waals surface area contributed by atoms with Gasteiger partial charge in [0.1, 0.15) is 18.0 Å². The Morgan fingerprint density at radius 2 is 2.04 bits per heavy atom. The molecule has 0 unspecified atom stereocenters. The number of halogens is 1. The van der Waals surface area contributed by atoms with Crippen molar-refractivity contribution < 1.29 is 4.39 Å². The quantitative estimate of drug-likeness (QED) is 0.520. The minimum absolute atomic E-state index is 0.195. The predicted molar refractivity (Wildman–Crippen MR) is 104 cm³/mol. The molecule has 0 aliphatic carbocycles. The maximum absolute atomic E-state index is 13.4. The lowest BCUT2D eigenvalue weighted by atomic mass is 10.1. The lowest BCUT2D eigenvalue weighted by molar-refractivity contribution is 0.617. The number of hydrogen-bond donors (Lipinski definition) is 2. The number of benzene rings is 1. The third-order valence-electron chi connectivity index (χ3n) is 4.03. The second-order valence-electron chi connectivity index (χ2n) is 6.12. The first kappa shape index (κ1) is 18.6. The molecule has 2 aromatic heterocycles. The summed E-state index contributed by atoms with van der Waals surface area (Å²) in [6.45, 7) is 5.62. The zero-order valence-corrected chi connectivity index (χ0v) is 15.5. The summed E-state index contributed by atoms with van der Waals surface area (Å²) in [5.41, 5.74) is 2.68. The molecule has 3 rings (SSSR count). The average molecular weight is 366 g/mol. The SMILES string of the molecule is CCNC(=NCc1ccc(F)c(C)c1)NCc1ccnc(-n2ccnc2)c1. The van der Waals surface area contributed by atoms with Gasteiger partial charge in [-0.05, 0) is 48.7 Å². The number of pyridine rings is 1. The molecule has 0 radical (unpaired) electrons. The number of nitrogens with one attached hydrogen (secondary N) is 2. The van der Waals surface area contributed by atoms with E-state index >= 15 is 0 Å². The molecule has 0 atom stereocenters. The zero-order valence-electron chi connectivity index (χ0n) is 15.5. The van der Waals surface area contributed by atoms with Crippen LogP contribution in [0.1, 0.15) is 23.6 Å². The van der Waals surface area contributed by atoms with Crippen molar-refractivity contribution in [2.24, 2.45) is 4.99 Å². The van der Waals surface area contributed by atoms with Crippen LogP contribution in [0.2, 0.25) is 0 Å². The molecule has 0 spiro atoms. The summed E-state index contributed by atoms with van der Waals surface area (Å²) in [6.07, 6.45) is 7.07. The van der Waals surface area contributed by atoms with E-state index in [0.717, 1.165) is 23.5 Å². The van der Waals surface area contributed by atoms with E-state index in [0.29, 0.717) is 24.6 Å². The number of aromatic nitrogens is 3. The summed E-state index contributed by atoms with van der Waals surface area (Å²) in [4.78, 5) is 13.0. The van der Waals surface area contributed by atoms with Gasteiger partial charge in [0.05, 0.1) is 6.54 Å². The van der Waals surface area contributed by atoms with E-state index < -0.39 is 0 Å². The molecule has 3 aromatic rings. The second-order valence-corrected chi connectivity index (χ2v) is 6.12. The van der Waals surface area contributed by atoms with Gasteiger partial charge in [-0.15, -0.1) is 0 Å². The smallest absolute Gasteiger partial charge is 0.191 e. The number of guanidine groups is 1. The van der Waals surface area contributed by atoms with Crippen molar-refractivity contribution in [2.75, 3.05) is 6.54 Å². The predicted octanol–water partition coefficient (Wildman–Crippen LogP) is 2.97. The van der Waals surface area contributed by atoms with Crippen LogP contribution in [0.4, 0.5) is 4.39 Å². The summed E-state index contributed by atoms with van der Waals surface area (Å²) in [5.74, 6) is 1.33. The molecule has 27 heavy (non-hydrogen) atoms. The van der Waals surface area contributed by atoms with E-state index in [9.17, 15) is 4.39 Å². The highest BCUT2D eigenvalue weighted by Crippen LogP contribution is 2.10. The largest absolute Gasteiger partial charge is 0.357 e. The number of hydrogen-bond acceptors (Lipinski definition) is 3. The highest BCUT2D eigenvalue weighted by Gasteiger charge is 2.03. The first-order valence-corrected chi connectivity index (χ1v) is 8.86. The molecule has 1 aromatic carbocycles. The van der Waals surface area contributed by atoms with Crippen LogP contribution in [0.3, 0.4) is 0 Å². The van der Waals surface area contributed by atoms with Crippen molar-refractivity contribution in [1.29, 1.82) is 0 Å². The highest BCUT2D eigenvalue weighted by molar-refractivity contribution is 5.79. The van der Waals surface area contributed by atoms with Crippen molar-refractivity contribution in [1.82, 2.24) is 25.2 Å². The van der Waals surface area contributed by atoms with Gasteiger partial charge >= 0.3 is 0 Å². The summed E-state index contributed by atoms with van der Waals surface area (Å²) >= 11 is 0. The maximum atomic E-state index is 13.4. The van der Waals surface area contributed by atoms with Gasteiger partial charge in [-0.2, -0.15) is 0 Å². The summed E-state index contributed by atoms with van der Waals surface area (Å²) in [6, 6.07) is 9.02. The Labute approximate surface area is 158 Å². The van der Waals surface area contributed by atoms with Crippen molar-refractivity contribution in [2.45, 2.75) is 26.9 Å². The van der Waals surface area contributed by atoms with Crippen molar-refractivity contribution in [3.8, 4) is 5.82 Å². The van der Waals surface area contributed by atoms with Gasteiger partial charge in [0.15, 0.2) is 5.96 Å². The van der Waals surface area contributed by atoms with Crippen LogP contribution in [0.15, 0.2) is 60.2 Å². The Kier molecular flexibility index (Phi) is 6.14. The Bertz CT molecular complexity index is 905. The molecule has 0 saturated carbocycles. The van der Waals surface area contributed by atoms with E-state index in [1.54, 1.807) is 31.7 Å². The van der Waals surface area contributed by atoms with Gasteiger partial charge in [-0.3, -0.25) is 4.57 Å². The fraction of sp³-hybridized carbons (Fsp3) is 0.250. The Morgan fingerprint density at radius 3 is 2.78 bits per heavy atom. The number of aryl methyl sites for hydroxylation is 1. The van der Waals surface area contributed by atoms with Crippen LogP contribution in [0.5, 0.6) is 0 Å². The molecule has 0 aliphatic heterocycles. The van der Waals surface area contributed by atoms with Gasteiger partial charge in [-0.1, -0.05) is 12.1 Å². The van der Waals surface area contributed by atoms with Crippen molar-refractivity contribution >= 4 is 5.96 Å². The summed E-state index contributed by atoms with van der Waals surface area (Å²) in [7, 11) is 0. The molecule has 2 N–H and O–H groups in total. The minimum atomic E-state index is -0.195. The van der Waals surface area contributed by atoms with E-state index in [1.165, 1.54) is 6.07 Å². The molecule has 0 bridgehead atoms. The normalized spacial score (nSPS) is 11.4.